The molecule has 6 nitrogen and oxygen atoms in total. The van der Waals surface area contributed by atoms with Crippen molar-refractivity contribution in [2.75, 3.05) is 31.2 Å². The number of urea groups is 1. The van der Waals surface area contributed by atoms with Crippen molar-refractivity contribution in [3.63, 3.8) is 0 Å². The molecule has 3 heterocycles. The van der Waals surface area contributed by atoms with Crippen molar-refractivity contribution in [3.8, 4) is 6.07 Å². The molecule has 3 amide bonds. The van der Waals surface area contributed by atoms with Crippen LogP contribution in [0.4, 0.5) is 10.5 Å². The molecule has 0 aromatic heterocycles. The largest absolute Gasteiger partial charge is 0.432 e. The topological polar surface area (TPSA) is 64.4 Å². The molecule has 7 heteroatoms. The number of quaternary nitrogens is 1. The molecule has 3 aliphatic rings. The third-order valence-corrected chi connectivity index (χ3v) is 5.60. The monoisotopic (exact) mass is 395 g/mol. The number of anilines is 1. The molecule has 0 aliphatic carbocycles. The predicted molar refractivity (Wildman–Crippen MR) is 82.1 cm³/mol. The van der Waals surface area contributed by atoms with Gasteiger partial charge in [-0.1, -0.05) is 0 Å². The third kappa shape index (κ3) is 1.58. The van der Waals surface area contributed by atoms with Crippen LogP contribution in [0.25, 0.3) is 0 Å². The molecule has 1 spiro atoms. The number of piperazine rings is 1. The van der Waals surface area contributed by atoms with E-state index in [1.807, 2.05) is 0 Å². The minimum atomic E-state index is -0.250. The predicted octanol–water partition coefficient (Wildman–Crippen LogP) is 1.10. The second-order valence-electron chi connectivity index (χ2n) is 5.72. The maximum absolute atomic E-state index is 12.8. The quantitative estimate of drug-likeness (QED) is 0.406. The van der Waals surface area contributed by atoms with Crippen LogP contribution in [0, 0.1) is 14.9 Å². The third-order valence-electron chi connectivity index (χ3n) is 4.70. The van der Waals surface area contributed by atoms with Crippen LogP contribution in [0.1, 0.15) is 5.56 Å². The second-order valence-corrected chi connectivity index (χ2v) is 6.89. The molecule has 3 aliphatic heterocycles. The number of carbonyl (C=O) groups excluding carboxylic acids is 2. The molecule has 1 aromatic carbocycles. The Morgan fingerprint density at radius 1 is 1.38 bits per heavy atom. The lowest BCUT2D eigenvalue weighted by Gasteiger charge is -2.25. The fourth-order valence-electron chi connectivity index (χ4n) is 3.62. The maximum Gasteiger partial charge on any atom is 0.432 e. The van der Waals surface area contributed by atoms with Crippen molar-refractivity contribution >= 4 is 40.2 Å². The van der Waals surface area contributed by atoms with Crippen LogP contribution < -0.4 is 4.90 Å². The molecule has 106 valence electrons. The smallest absolute Gasteiger partial charge is 0.267 e. The van der Waals surface area contributed by atoms with Gasteiger partial charge in [0.2, 0.25) is 0 Å². The molecule has 3 saturated heterocycles. The van der Waals surface area contributed by atoms with Gasteiger partial charge in [-0.15, -0.1) is 0 Å². The lowest BCUT2D eigenvalue weighted by atomic mass is 10.2. The van der Waals surface area contributed by atoms with E-state index < -0.39 is 0 Å². The number of hydrogen-bond acceptors (Lipinski definition) is 4. The van der Waals surface area contributed by atoms with Gasteiger partial charge in [-0.05, 0) is 40.8 Å². The number of rotatable bonds is 1. The molecule has 0 radical (unpaired) electrons. The molecule has 21 heavy (non-hydrogen) atoms. The van der Waals surface area contributed by atoms with Gasteiger partial charge >= 0.3 is 6.03 Å². The summed E-state index contributed by atoms with van der Waals surface area (Å²) in [5, 5.41) is 8.98. The summed E-state index contributed by atoms with van der Waals surface area (Å²) in [4.78, 5) is 29.0. The number of imide groups is 1. The Labute approximate surface area is 135 Å². The zero-order valence-corrected chi connectivity index (χ0v) is 13.3. The van der Waals surface area contributed by atoms with E-state index in [0.717, 1.165) is 16.7 Å². The first-order valence-electron chi connectivity index (χ1n) is 6.74. The summed E-state index contributed by atoms with van der Waals surface area (Å²) in [6.45, 7) is 2.93. The first-order chi connectivity index (χ1) is 10.1. The fraction of sp³-hybridized carbons (Fsp3) is 0.357. The van der Waals surface area contributed by atoms with Crippen LogP contribution in [-0.4, -0.2) is 53.7 Å². The van der Waals surface area contributed by atoms with E-state index in [-0.39, 0.29) is 22.5 Å². The zero-order valence-electron chi connectivity index (χ0n) is 11.1. The Balaban J connectivity index is 1.77. The van der Waals surface area contributed by atoms with E-state index in [1.165, 1.54) is 4.90 Å². The highest BCUT2D eigenvalue weighted by Crippen LogP contribution is 2.39. The number of carbonyl (C=O) groups is 2. The molecule has 3 atom stereocenters. The normalized spacial score (nSPS) is 33.4. The van der Waals surface area contributed by atoms with Gasteiger partial charge < -0.3 is 0 Å². The van der Waals surface area contributed by atoms with Crippen LogP contribution in [0.2, 0.25) is 0 Å². The Kier molecular flexibility index (Phi) is 2.67. The molecular weight excluding hydrogens is 383 g/mol. The summed E-state index contributed by atoms with van der Waals surface area (Å²) < 4.78 is 1.01. The average Bonchev–Trinajstić information content (AvgIpc) is 3.11. The molecule has 1 aromatic rings. The van der Waals surface area contributed by atoms with Crippen molar-refractivity contribution in [1.29, 1.82) is 5.26 Å². The van der Waals surface area contributed by atoms with E-state index in [0.29, 0.717) is 24.5 Å². The highest BCUT2D eigenvalue weighted by Gasteiger charge is 2.67. The average molecular weight is 395 g/mol. The van der Waals surface area contributed by atoms with Gasteiger partial charge in [0, 0.05) is 3.57 Å². The van der Waals surface area contributed by atoms with E-state index in [2.05, 4.69) is 33.6 Å². The lowest BCUT2D eigenvalue weighted by Crippen LogP contribution is -2.53. The standard InChI is InChI=1S/C14H12IN4O2/c15-11-5-10(2-1-9(11)6-16)18-13(20)12-7-17-3-4-19(12,8-17)14(18)21/h1-2,5,12H,3-4,7-8H2/q+1. The number of hydrogen-bond donors (Lipinski definition) is 0. The summed E-state index contributed by atoms with van der Waals surface area (Å²) in [5.41, 5.74) is 1.13. The highest BCUT2D eigenvalue weighted by atomic mass is 127. The number of amides is 3. The Morgan fingerprint density at radius 3 is 2.81 bits per heavy atom. The van der Waals surface area contributed by atoms with E-state index >= 15 is 0 Å². The number of fused-ring (bicyclic) bond motifs is 1. The summed E-state index contributed by atoms with van der Waals surface area (Å²) in [6, 6.07) is 6.81. The summed E-state index contributed by atoms with van der Waals surface area (Å²) in [6.07, 6.45) is 0. The summed E-state index contributed by atoms with van der Waals surface area (Å²) >= 11 is 2.06. The molecule has 4 rings (SSSR count). The summed E-state index contributed by atoms with van der Waals surface area (Å²) in [7, 11) is 0. The van der Waals surface area contributed by atoms with Crippen molar-refractivity contribution in [1.82, 2.24) is 4.90 Å². The molecule has 0 saturated carbocycles. The molecule has 3 unspecified atom stereocenters. The Hall–Kier alpha value is -1.50. The van der Waals surface area contributed by atoms with Crippen LogP contribution >= 0.6 is 22.6 Å². The second kappa shape index (κ2) is 4.25. The minimum absolute atomic E-state index is 0.109. The lowest BCUT2D eigenvalue weighted by molar-refractivity contribution is -0.837. The molecule has 3 fully saturated rings. The van der Waals surface area contributed by atoms with Crippen molar-refractivity contribution in [2.45, 2.75) is 6.04 Å². The number of nitriles is 1. The van der Waals surface area contributed by atoms with Crippen LogP contribution in [0.5, 0.6) is 0 Å². The maximum atomic E-state index is 12.8. The number of halogens is 1. The van der Waals surface area contributed by atoms with Gasteiger partial charge in [0.25, 0.3) is 5.91 Å². The van der Waals surface area contributed by atoms with Gasteiger partial charge in [-0.25, -0.2) is 14.2 Å². The highest BCUT2D eigenvalue weighted by molar-refractivity contribution is 14.1. The van der Waals surface area contributed by atoms with Crippen molar-refractivity contribution in [3.05, 3.63) is 27.3 Å². The zero-order chi connectivity index (χ0) is 14.8. The van der Waals surface area contributed by atoms with Crippen LogP contribution in [0.3, 0.4) is 0 Å². The van der Waals surface area contributed by atoms with Crippen molar-refractivity contribution < 1.29 is 14.1 Å². The van der Waals surface area contributed by atoms with Gasteiger partial charge in [0.15, 0.2) is 6.04 Å². The SMILES string of the molecule is N#Cc1ccc(N2C(=O)C3CN4CC[N+]3(C4)C2=O)cc1I. The van der Waals surface area contributed by atoms with E-state index in [4.69, 9.17) is 5.26 Å². The van der Waals surface area contributed by atoms with Crippen LogP contribution in [-0.2, 0) is 4.79 Å². The van der Waals surface area contributed by atoms with Gasteiger partial charge in [-0.2, -0.15) is 10.2 Å². The number of nitrogens with zero attached hydrogens (tertiary/aromatic N) is 4. The molecule has 2 bridgehead atoms. The van der Waals surface area contributed by atoms with E-state index in [9.17, 15) is 9.59 Å². The molecule has 0 N–H and O–H groups in total. The van der Waals surface area contributed by atoms with Crippen LogP contribution in [0.15, 0.2) is 18.2 Å². The summed E-state index contributed by atoms with van der Waals surface area (Å²) in [5.74, 6) is -0.109. The Bertz CT molecular complexity index is 728. The minimum Gasteiger partial charge on any atom is -0.267 e. The Morgan fingerprint density at radius 2 is 2.19 bits per heavy atom. The van der Waals surface area contributed by atoms with Gasteiger partial charge in [0.1, 0.15) is 19.3 Å². The number of benzene rings is 1. The first kappa shape index (κ1) is 13.2. The van der Waals surface area contributed by atoms with Gasteiger partial charge in [0.05, 0.1) is 24.3 Å². The molecular formula is C14H12IN4O2+. The van der Waals surface area contributed by atoms with E-state index in [1.54, 1.807) is 18.2 Å². The first-order valence-corrected chi connectivity index (χ1v) is 7.82. The van der Waals surface area contributed by atoms with Gasteiger partial charge in [-0.3, -0.25) is 4.79 Å². The van der Waals surface area contributed by atoms with Crippen molar-refractivity contribution in [2.24, 2.45) is 0 Å². The fourth-order valence-corrected chi connectivity index (χ4v) is 4.23.